The standard InChI is InChI=1S/C27H34F2N2O4/c1-17(2)24-16-34-27(33)31(24)26(32)25(35-21-9-11-23(29)19(4)14-21)7-5-6-12-30-15-20-8-10-22(28)18(3)13-20/h8-11,13-14,17,24-25,30H,5-7,12,15-16H2,1-4H3/t24-,25-/m1/s1. The second kappa shape index (κ2) is 12.1. The predicted molar refractivity (Wildman–Crippen MR) is 129 cm³/mol. The summed E-state index contributed by atoms with van der Waals surface area (Å²) in [4.78, 5) is 26.9. The molecule has 0 aromatic heterocycles. The molecule has 2 aromatic carbocycles. The van der Waals surface area contributed by atoms with Crippen molar-refractivity contribution >= 4 is 12.0 Å². The minimum Gasteiger partial charge on any atom is -0.481 e. The van der Waals surface area contributed by atoms with Crippen molar-refractivity contribution in [3.05, 3.63) is 64.7 Å². The van der Waals surface area contributed by atoms with Crippen molar-refractivity contribution in [2.24, 2.45) is 5.92 Å². The van der Waals surface area contributed by atoms with E-state index in [4.69, 9.17) is 9.47 Å². The molecule has 1 N–H and O–H groups in total. The van der Waals surface area contributed by atoms with E-state index in [1.165, 1.54) is 23.1 Å². The number of hydrogen-bond acceptors (Lipinski definition) is 5. The van der Waals surface area contributed by atoms with E-state index in [0.717, 1.165) is 12.0 Å². The van der Waals surface area contributed by atoms with Crippen LogP contribution in [0.5, 0.6) is 5.75 Å². The molecule has 1 aliphatic rings. The molecule has 0 aliphatic carbocycles. The van der Waals surface area contributed by atoms with Crippen LogP contribution in [-0.2, 0) is 16.1 Å². The summed E-state index contributed by atoms with van der Waals surface area (Å²) < 4.78 is 38.2. The van der Waals surface area contributed by atoms with E-state index in [1.54, 1.807) is 26.0 Å². The zero-order valence-electron chi connectivity index (χ0n) is 20.8. The van der Waals surface area contributed by atoms with Gasteiger partial charge in [0.05, 0.1) is 6.04 Å². The van der Waals surface area contributed by atoms with Crippen molar-refractivity contribution in [3.63, 3.8) is 0 Å². The topological polar surface area (TPSA) is 67.9 Å². The molecule has 0 saturated carbocycles. The molecular weight excluding hydrogens is 454 g/mol. The van der Waals surface area contributed by atoms with E-state index in [2.05, 4.69) is 5.32 Å². The van der Waals surface area contributed by atoms with Crippen LogP contribution in [-0.4, -0.2) is 42.2 Å². The number of unbranched alkanes of at least 4 members (excludes halogenated alkanes) is 1. The fraction of sp³-hybridized carbons (Fsp3) is 0.481. The number of cyclic esters (lactones) is 1. The van der Waals surface area contributed by atoms with Gasteiger partial charge in [-0.25, -0.2) is 18.5 Å². The summed E-state index contributed by atoms with van der Waals surface area (Å²) in [6.07, 6.45) is 0.274. The Morgan fingerprint density at radius 3 is 2.46 bits per heavy atom. The first-order chi connectivity index (χ1) is 16.7. The Morgan fingerprint density at radius 2 is 1.80 bits per heavy atom. The molecule has 35 heavy (non-hydrogen) atoms. The second-order valence-corrected chi connectivity index (χ2v) is 9.37. The normalized spacial score (nSPS) is 16.5. The summed E-state index contributed by atoms with van der Waals surface area (Å²) in [6.45, 7) is 8.70. The van der Waals surface area contributed by atoms with Gasteiger partial charge >= 0.3 is 6.09 Å². The largest absolute Gasteiger partial charge is 0.481 e. The summed E-state index contributed by atoms with van der Waals surface area (Å²) in [6, 6.07) is 9.01. The Balaban J connectivity index is 1.60. The number of carbonyl (C=O) groups is 2. The molecule has 6 nitrogen and oxygen atoms in total. The van der Waals surface area contributed by atoms with Crippen molar-refractivity contribution < 1.29 is 27.8 Å². The van der Waals surface area contributed by atoms with E-state index < -0.39 is 18.1 Å². The fourth-order valence-corrected chi connectivity index (χ4v) is 4.05. The average molecular weight is 489 g/mol. The molecule has 190 valence electrons. The summed E-state index contributed by atoms with van der Waals surface area (Å²) in [5, 5.41) is 3.32. The molecule has 0 unspecified atom stereocenters. The van der Waals surface area contributed by atoms with Crippen molar-refractivity contribution in [3.8, 4) is 5.75 Å². The number of carbonyl (C=O) groups excluding carboxylic acids is 2. The molecule has 1 saturated heterocycles. The summed E-state index contributed by atoms with van der Waals surface area (Å²) in [5.74, 6) is -0.602. The van der Waals surface area contributed by atoms with Gasteiger partial charge in [0.1, 0.15) is 24.0 Å². The number of benzene rings is 2. The number of amides is 2. The van der Waals surface area contributed by atoms with Crippen molar-refractivity contribution in [1.29, 1.82) is 0 Å². The number of nitrogens with zero attached hydrogens (tertiary/aromatic N) is 1. The number of aryl methyl sites for hydroxylation is 2. The van der Waals surface area contributed by atoms with Gasteiger partial charge in [-0.3, -0.25) is 4.79 Å². The van der Waals surface area contributed by atoms with Crippen molar-refractivity contribution in [2.45, 2.75) is 65.6 Å². The minimum absolute atomic E-state index is 0.0402. The van der Waals surface area contributed by atoms with Crippen molar-refractivity contribution in [2.75, 3.05) is 13.2 Å². The Kier molecular flexibility index (Phi) is 9.20. The minimum atomic E-state index is -0.897. The molecular formula is C27H34F2N2O4. The molecule has 0 radical (unpaired) electrons. The van der Waals surface area contributed by atoms with Crippen LogP contribution in [0.25, 0.3) is 0 Å². The number of imide groups is 1. The van der Waals surface area contributed by atoms with Gasteiger partial charge in [-0.15, -0.1) is 0 Å². The molecule has 1 fully saturated rings. The van der Waals surface area contributed by atoms with Gasteiger partial charge in [0.15, 0.2) is 6.10 Å². The molecule has 0 bridgehead atoms. The number of ether oxygens (including phenoxy) is 2. The van der Waals surface area contributed by atoms with E-state index in [1.807, 2.05) is 19.9 Å². The van der Waals surface area contributed by atoms with Gasteiger partial charge in [-0.2, -0.15) is 0 Å². The number of rotatable bonds is 11. The number of hydrogen-bond donors (Lipinski definition) is 1. The lowest BCUT2D eigenvalue weighted by molar-refractivity contribution is -0.137. The molecule has 8 heteroatoms. The molecule has 0 spiro atoms. The van der Waals surface area contributed by atoms with Gasteiger partial charge in [-0.1, -0.05) is 26.0 Å². The van der Waals surface area contributed by atoms with Gasteiger partial charge in [0.25, 0.3) is 5.91 Å². The van der Waals surface area contributed by atoms with Crippen LogP contribution in [0.15, 0.2) is 36.4 Å². The predicted octanol–water partition coefficient (Wildman–Crippen LogP) is 5.29. The van der Waals surface area contributed by atoms with Gasteiger partial charge in [-0.05, 0) is 86.5 Å². The summed E-state index contributed by atoms with van der Waals surface area (Å²) in [5.41, 5.74) is 2.02. The smallest absolute Gasteiger partial charge is 0.417 e. The third kappa shape index (κ3) is 7.01. The molecule has 3 rings (SSSR count). The highest BCUT2D eigenvalue weighted by Gasteiger charge is 2.42. The Morgan fingerprint density at radius 1 is 1.11 bits per heavy atom. The molecule has 2 amide bonds. The zero-order valence-corrected chi connectivity index (χ0v) is 20.8. The number of halogens is 2. The Hall–Kier alpha value is -3.00. The molecule has 1 heterocycles. The van der Waals surface area contributed by atoms with Crippen LogP contribution in [0.1, 0.15) is 49.8 Å². The maximum atomic E-state index is 13.7. The van der Waals surface area contributed by atoms with Crippen LogP contribution in [0, 0.1) is 31.4 Å². The highest BCUT2D eigenvalue weighted by atomic mass is 19.1. The van der Waals surface area contributed by atoms with Crippen LogP contribution in [0.3, 0.4) is 0 Å². The van der Waals surface area contributed by atoms with Gasteiger partial charge < -0.3 is 14.8 Å². The van der Waals surface area contributed by atoms with Crippen LogP contribution in [0.2, 0.25) is 0 Å². The lowest BCUT2D eigenvalue weighted by Crippen LogP contribution is -2.48. The first-order valence-electron chi connectivity index (χ1n) is 12.1. The third-order valence-corrected chi connectivity index (χ3v) is 6.22. The van der Waals surface area contributed by atoms with Crippen LogP contribution >= 0.6 is 0 Å². The monoisotopic (exact) mass is 488 g/mol. The maximum absolute atomic E-state index is 13.7. The average Bonchev–Trinajstić information content (AvgIpc) is 3.21. The van der Waals surface area contributed by atoms with Gasteiger partial charge in [0.2, 0.25) is 0 Å². The Bertz CT molecular complexity index is 1040. The van der Waals surface area contributed by atoms with Crippen molar-refractivity contribution in [1.82, 2.24) is 10.2 Å². The quantitative estimate of drug-likeness (QED) is 0.435. The first kappa shape index (κ1) is 26.6. The lowest BCUT2D eigenvalue weighted by atomic mass is 10.0. The Labute approximate surface area is 205 Å². The highest BCUT2D eigenvalue weighted by molar-refractivity contribution is 5.96. The molecule has 1 aliphatic heterocycles. The van der Waals surface area contributed by atoms with E-state index in [0.29, 0.717) is 42.8 Å². The third-order valence-electron chi connectivity index (χ3n) is 6.22. The maximum Gasteiger partial charge on any atom is 0.417 e. The molecule has 2 aromatic rings. The van der Waals surface area contributed by atoms with E-state index >= 15 is 0 Å². The van der Waals surface area contributed by atoms with Crippen LogP contribution in [0.4, 0.5) is 13.6 Å². The summed E-state index contributed by atoms with van der Waals surface area (Å²) >= 11 is 0. The van der Waals surface area contributed by atoms with Gasteiger partial charge in [0, 0.05) is 6.54 Å². The number of nitrogens with one attached hydrogen (secondary N) is 1. The zero-order chi connectivity index (χ0) is 25.5. The first-order valence-corrected chi connectivity index (χ1v) is 12.1. The highest BCUT2D eigenvalue weighted by Crippen LogP contribution is 2.25. The molecule has 2 atom stereocenters. The lowest BCUT2D eigenvalue weighted by Gasteiger charge is -2.27. The van der Waals surface area contributed by atoms with Crippen LogP contribution < -0.4 is 10.1 Å². The second-order valence-electron chi connectivity index (χ2n) is 9.37. The summed E-state index contributed by atoms with van der Waals surface area (Å²) in [7, 11) is 0. The SMILES string of the molecule is Cc1cc(CNCCCC[C@@H](Oc2ccc(F)c(C)c2)C(=O)N2C(=O)OC[C@@H]2C(C)C)ccc1F. The van der Waals surface area contributed by atoms with E-state index in [9.17, 15) is 18.4 Å². The van der Waals surface area contributed by atoms with E-state index in [-0.39, 0.29) is 30.2 Å². The fourth-order valence-electron chi connectivity index (χ4n) is 4.05.